The Labute approximate surface area is 181 Å². The van der Waals surface area contributed by atoms with Gasteiger partial charge in [0.05, 0.1) is 27.9 Å². The number of fused-ring (bicyclic) bond motifs is 1. The second-order valence-electron chi connectivity index (χ2n) is 6.77. The Morgan fingerprint density at radius 2 is 1.69 bits per heavy atom. The Hall–Kier alpha value is -1.31. The Bertz CT molecular complexity index is 1080. The zero-order valence-electron chi connectivity index (χ0n) is 16.8. The van der Waals surface area contributed by atoms with Crippen LogP contribution in [0.25, 0.3) is 10.2 Å². The summed E-state index contributed by atoms with van der Waals surface area (Å²) < 4.78 is 48.4. The van der Waals surface area contributed by atoms with Gasteiger partial charge in [-0.25, -0.2) is 21.8 Å². The zero-order valence-corrected chi connectivity index (χ0v) is 20.1. The van der Waals surface area contributed by atoms with E-state index in [0.717, 1.165) is 16.8 Å². The van der Waals surface area contributed by atoms with Gasteiger partial charge in [-0.05, 0) is 32.3 Å². The number of rotatable bonds is 8. The number of carbonyl (C=O) groups is 1. The van der Waals surface area contributed by atoms with Crippen molar-refractivity contribution >= 4 is 64.9 Å². The van der Waals surface area contributed by atoms with Crippen LogP contribution < -0.4 is 4.90 Å². The molecule has 0 aliphatic rings. The number of nitrogens with zero attached hydrogens (tertiary/aromatic N) is 4. The van der Waals surface area contributed by atoms with Gasteiger partial charge in [0.25, 0.3) is 0 Å². The largest absolute Gasteiger partial charge is 0.308 e. The van der Waals surface area contributed by atoms with Crippen molar-refractivity contribution in [3.8, 4) is 0 Å². The number of amides is 1. The van der Waals surface area contributed by atoms with Gasteiger partial charge in [0.15, 0.2) is 15.0 Å². The molecule has 0 N–H and O–H groups in total. The smallest absolute Gasteiger partial charge is 0.244 e. The molecule has 2 aromatic rings. The lowest BCUT2D eigenvalue weighted by atomic mass is 10.3. The van der Waals surface area contributed by atoms with Crippen LogP contribution in [0, 0.1) is 0 Å². The molecule has 164 valence electrons. The second kappa shape index (κ2) is 9.67. The van der Waals surface area contributed by atoms with Crippen LogP contribution >= 0.6 is 23.7 Å². The van der Waals surface area contributed by atoms with Gasteiger partial charge in [-0.15, -0.1) is 12.4 Å². The third-order valence-electron chi connectivity index (χ3n) is 4.00. The first-order valence-electron chi connectivity index (χ1n) is 8.26. The van der Waals surface area contributed by atoms with E-state index >= 15 is 0 Å². The molecule has 13 heteroatoms. The maximum absolute atomic E-state index is 12.8. The highest BCUT2D eigenvalue weighted by atomic mass is 35.5. The number of halogens is 1. The van der Waals surface area contributed by atoms with E-state index in [9.17, 15) is 21.6 Å². The van der Waals surface area contributed by atoms with Crippen molar-refractivity contribution < 1.29 is 21.6 Å². The van der Waals surface area contributed by atoms with Gasteiger partial charge in [0, 0.05) is 26.4 Å². The average Bonchev–Trinajstić information content (AvgIpc) is 2.95. The molecular weight excluding hydrogens is 460 g/mol. The summed E-state index contributed by atoms with van der Waals surface area (Å²) >= 11 is 1.19. The van der Waals surface area contributed by atoms with Crippen molar-refractivity contribution in [1.82, 2.24) is 14.2 Å². The molecule has 0 saturated carbocycles. The first-order valence-corrected chi connectivity index (χ1v) is 12.8. The van der Waals surface area contributed by atoms with Crippen molar-refractivity contribution in [2.45, 2.75) is 4.90 Å². The Morgan fingerprint density at radius 3 is 2.21 bits per heavy atom. The third kappa shape index (κ3) is 6.86. The number of hydrogen-bond acceptors (Lipinski definition) is 8. The van der Waals surface area contributed by atoms with Crippen LogP contribution in [0.1, 0.15) is 0 Å². The summed E-state index contributed by atoms with van der Waals surface area (Å²) in [5, 5.41) is 0.398. The van der Waals surface area contributed by atoms with Crippen LogP contribution in [0.3, 0.4) is 0 Å². The van der Waals surface area contributed by atoms with Crippen molar-refractivity contribution in [1.29, 1.82) is 0 Å². The first kappa shape index (κ1) is 25.7. The van der Waals surface area contributed by atoms with Gasteiger partial charge in [-0.1, -0.05) is 11.3 Å². The molecule has 1 aromatic heterocycles. The van der Waals surface area contributed by atoms with Gasteiger partial charge in [0.1, 0.15) is 0 Å². The van der Waals surface area contributed by atoms with Crippen molar-refractivity contribution in [2.24, 2.45) is 0 Å². The topological polar surface area (TPSA) is 108 Å². The number of hydrogen-bond donors (Lipinski definition) is 0. The molecule has 0 bridgehead atoms. The lowest BCUT2D eigenvalue weighted by molar-refractivity contribution is -0.118. The van der Waals surface area contributed by atoms with Crippen LogP contribution in [0.2, 0.25) is 0 Å². The maximum Gasteiger partial charge on any atom is 0.244 e. The van der Waals surface area contributed by atoms with Gasteiger partial charge in [-0.3, -0.25) is 9.69 Å². The highest BCUT2D eigenvalue weighted by Gasteiger charge is 2.24. The third-order valence-corrected chi connectivity index (χ3v) is 7.42. The van der Waals surface area contributed by atoms with E-state index in [1.807, 2.05) is 19.0 Å². The molecule has 2 rings (SSSR count). The van der Waals surface area contributed by atoms with Crippen LogP contribution in [-0.4, -0.2) is 90.2 Å². The van der Waals surface area contributed by atoms with Crippen LogP contribution in [-0.2, 0) is 24.7 Å². The molecule has 0 atom stereocenters. The highest BCUT2D eigenvalue weighted by molar-refractivity contribution is 7.90. The summed E-state index contributed by atoms with van der Waals surface area (Å²) in [7, 11) is -1.79. The number of likely N-dealkylation sites (N-methyl/N-ethyl adjacent to an activating group) is 2. The number of sulfone groups is 1. The predicted octanol–water partition coefficient (Wildman–Crippen LogP) is 0.908. The van der Waals surface area contributed by atoms with Gasteiger partial charge in [-0.2, -0.15) is 4.31 Å². The summed E-state index contributed by atoms with van der Waals surface area (Å²) in [6.07, 6.45) is 2.17. The fourth-order valence-corrected chi connectivity index (χ4v) is 4.37. The van der Waals surface area contributed by atoms with Crippen molar-refractivity contribution in [3.05, 3.63) is 18.2 Å². The van der Waals surface area contributed by atoms with Crippen LogP contribution in [0.5, 0.6) is 0 Å². The molecular formula is C16H25ClN4O5S3. The van der Waals surface area contributed by atoms with Crippen LogP contribution in [0.4, 0.5) is 5.13 Å². The van der Waals surface area contributed by atoms with E-state index in [1.165, 1.54) is 35.4 Å². The fourth-order valence-electron chi connectivity index (χ4n) is 2.26. The summed E-state index contributed by atoms with van der Waals surface area (Å²) in [5.41, 5.74) is 0.575. The number of aromatic nitrogens is 1. The number of thiazole rings is 1. The SMILES string of the molecule is CN(C)CCN(C(=O)CN(C)S(C)(=O)=O)c1nc2ccc(S(C)(=O)=O)cc2s1.Cl. The molecule has 0 spiro atoms. The number of benzene rings is 1. The van der Waals surface area contributed by atoms with Gasteiger partial charge < -0.3 is 4.90 Å². The minimum absolute atomic E-state index is 0. The molecule has 1 aromatic carbocycles. The molecule has 29 heavy (non-hydrogen) atoms. The summed E-state index contributed by atoms with van der Waals surface area (Å²) in [6, 6.07) is 4.61. The molecule has 1 amide bonds. The van der Waals surface area contributed by atoms with Gasteiger partial charge >= 0.3 is 0 Å². The Balaban J connectivity index is 0.00000420. The molecule has 0 radical (unpaired) electrons. The van der Waals surface area contributed by atoms with Gasteiger partial charge in [0.2, 0.25) is 15.9 Å². The lowest BCUT2D eigenvalue weighted by Crippen LogP contribution is -2.43. The minimum Gasteiger partial charge on any atom is -0.308 e. The summed E-state index contributed by atoms with van der Waals surface area (Å²) in [4.78, 5) is 20.7. The molecule has 0 unspecified atom stereocenters. The molecule has 0 saturated heterocycles. The van der Waals surface area contributed by atoms with E-state index in [0.29, 0.717) is 28.4 Å². The maximum atomic E-state index is 12.8. The summed E-state index contributed by atoms with van der Waals surface area (Å²) in [5.74, 6) is -0.405. The number of anilines is 1. The Kier molecular flexibility index (Phi) is 8.57. The van der Waals surface area contributed by atoms with Crippen molar-refractivity contribution in [3.63, 3.8) is 0 Å². The lowest BCUT2D eigenvalue weighted by Gasteiger charge is -2.24. The quantitative estimate of drug-likeness (QED) is 0.547. The predicted molar refractivity (Wildman–Crippen MR) is 118 cm³/mol. The van der Waals surface area contributed by atoms with E-state index in [1.54, 1.807) is 6.07 Å². The second-order valence-corrected chi connectivity index (χ2v) is 11.9. The van der Waals surface area contributed by atoms with E-state index in [4.69, 9.17) is 0 Å². The molecule has 0 aliphatic carbocycles. The molecule has 0 aliphatic heterocycles. The molecule has 1 heterocycles. The average molecular weight is 485 g/mol. The Morgan fingerprint density at radius 1 is 1.07 bits per heavy atom. The van der Waals surface area contributed by atoms with E-state index in [-0.39, 0.29) is 23.8 Å². The normalized spacial score (nSPS) is 12.4. The molecule has 0 fully saturated rings. The first-order chi connectivity index (χ1) is 12.8. The van der Waals surface area contributed by atoms with Crippen molar-refractivity contribution in [2.75, 3.05) is 58.2 Å². The standard InChI is InChI=1S/C16H24N4O5S3.ClH/c1-18(2)8-9-20(15(21)11-19(3)28(5,24)25)16-17-13-7-6-12(27(4,22)23)10-14(13)26-16;/h6-7,10H,8-9,11H2,1-5H3;1H. The number of carbonyl (C=O) groups excluding carboxylic acids is 1. The van der Waals surface area contributed by atoms with E-state index in [2.05, 4.69) is 4.98 Å². The summed E-state index contributed by atoms with van der Waals surface area (Å²) in [6.45, 7) is 0.567. The highest BCUT2D eigenvalue weighted by Crippen LogP contribution is 2.30. The fraction of sp³-hybridized carbons (Fsp3) is 0.500. The molecule has 9 nitrogen and oxygen atoms in total. The monoisotopic (exact) mass is 484 g/mol. The number of sulfonamides is 1. The zero-order chi connectivity index (χ0) is 21.3. The van der Waals surface area contributed by atoms with Crippen LogP contribution in [0.15, 0.2) is 23.1 Å². The minimum atomic E-state index is -3.50. The van der Waals surface area contributed by atoms with E-state index < -0.39 is 25.8 Å².